The molecule has 1 N–H and O–H groups in total. The molecule has 0 saturated heterocycles. The van der Waals surface area contributed by atoms with Crippen LogP contribution in [0, 0.1) is 26.6 Å². The maximum atomic E-state index is 13.5. The molecule has 178 valence electrons. The van der Waals surface area contributed by atoms with Gasteiger partial charge in [-0.05, 0) is 91.6 Å². The number of nitrogens with one attached hydrogen (secondary N) is 1. The third-order valence-corrected chi connectivity index (χ3v) is 7.26. The zero-order chi connectivity index (χ0) is 24.2. The number of urea groups is 1. The molecule has 34 heavy (non-hydrogen) atoms. The Morgan fingerprint density at radius 1 is 0.971 bits per heavy atom. The molecule has 0 spiro atoms. The molecule has 2 aromatic carbocycles. The quantitative estimate of drug-likeness (QED) is 0.428. The van der Waals surface area contributed by atoms with Crippen LogP contribution in [0.1, 0.15) is 40.0 Å². The highest BCUT2D eigenvalue weighted by atomic mass is 32.1. The number of hydrogen-bond donors (Lipinski definition) is 1. The molecule has 5 nitrogen and oxygen atoms in total. The van der Waals surface area contributed by atoms with E-state index in [9.17, 15) is 14.0 Å². The van der Waals surface area contributed by atoms with Crippen LogP contribution < -0.4 is 5.32 Å². The lowest BCUT2D eigenvalue weighted by atomic mass is 10.1. The second-order valence-electron chi connectivity index (χ2n) is 8.99. The fourth-order valence-electron chi connectivity index (χ4n) is 3.79. The number of aryl methyl sites for hydroxylation is 3. The lowest BCUT2D eigenvalue weighted by molar-refractivity contribution is -0.133. The third kappa shape index (κ3) is 6.03. The molecule has 4 rings (SSSR count). The fourth-order valence-corrected chi connectivity index (χ4v) is 4.72. The minimum Gasteiger partial charge on any atom is -0.332 e. The van der Waals surface area contributed by atoms with Gasteiger partial charge in [-0.1, -0.05) is 18.2 Å². The summed E-state index contributed by atoms with van der Waals surface area (Å²) < 4.78 is 13.4. The fraction of sp³-hybridized carbons (Fsp3) is 0.333. The van der Waals surface area contributed by atoms with Gasteiger partial charge in [-0.15, -0.1) is 11.3 Å². The van der Waals surface area contributed by atoms with Gasteiger partial charge in [0.05, 0.1) is 6.54 Å². The Hall–Kier alpha value is -3.19. The van der Waals surface area contributed by atoms with Crippen molar-refractivity contribution in [1.82, 2.24) is 9.80 Å². The molecule has 7 heteroatoms. The topological polar surface area (TPSA) is 52.7 Å². The number of carbonyl (C=O) groups excluding carboxylic acids is 2. The molecule has 1 fully saturated rings. The van der Waals surface area contributed by atoms with Gasteiger partial charge < -0.3 is 15.1 Å². The van der Waals surface area contributed by atoms with Crippen LogP contribution >= 0.6 is 11.3 Å². The summed E-state index contributed by atoms with van der Waals surface area (Å²) in [5.74, 6) is -0.432. The van der Waals surface area contributed by atoms with E-state index in [4.69, 9.17) is 0 Å². The highest BCUT2D eigenvalue weighted by molar-refractivity contribution is 7.10. The van der Waals surface area contributed by atoms with E-state index in [2.05, 4.69) is 5.32 Å². The monoisotopic (exact) mass is 479 g/mol. The van der Waals surface area contributed by atoms with Crippen LogP contribution in [0.4, 0.5) is 14.9 Å². The predicted molar refractivity (Wildman–Crippen MR) is 134 cm³/mol. The second-order valence-corrected chi connectivity index (χ2v) is 9.99. The Morgan fingerprint density at radius 2 is 1.71 bits per heavy atom. The van der Waals surface area contributed by atoms with Gasteiger partial charge in [0.25, 0.3) is 0 Å². The minimum atomic E-state index is -0.307. The Balaban J connectivity index is 1.50. The van der Waals surface area contributed by atoms with E-state index >= 15 is 0 Å². The zero-order valence-corrected chi connectivity index (χ0v) is 20.6. The Morgan fingerprint density at radius 3 is 2.32 bits per heavy atom. The van der Waals surface area contributed by atoms with Gasteiger partial charge in [0.15, 0.2) is 0 Å². The van der Waals surface area contributed by atoms with E-state index in [0.717, 1.165) is 45.7 Å². The summed E-state index contributed by atoms with van der Waals surface area (Å²) in [5.41, 5.74) is 4.97. The Labute approximate surface area is 204 Å². The van der Waals surface area contributed by atoms with Gasteiger partial charge >= 0.3 is 6.03 Å². The molecule has 0 radical (unpaired) electrons. The number of carbonyl (C=O) groups is 2. The van der Waals surface area contributed by atoms with Crippen molar-refractivity contribution in [3.63, 3.8) is 0 Å². The van der Waals surface area contributed by atoms with Crippen molar-refractivity contribution < 1.29 is 14.0 Å². The predicted octanol–water partition coefficient (Wildman–Crippen LogP) is 6.04. The van der Waals surface area contributed by atoms with Crippen LogP contribution in [-0.2, 0) is 17.9 Å². The van der Waals surface area contributed by atoms with Crippen LogP contribution in [0.5, 0.6) is 0 Å². The average Bonchev–Trinajstić information content (AvgIpc) is 3.57. The number of benzene rings is 2. The number of nitrogens with zero attached hydrogens (tertiary/aromatic N) is 2. The molecule has 0 aliphatic heterocycles. The van der Waals surface area contributed by atoms with E-state index in [0.29, 0.717) is 13.1 Å². The molecule has 3 aromatic rings. The van der Waals surface area contributed by atoms with Crippen LogP contribution in [0.15, 0.2) is 53.9 Å². The summed E-state index contributed by atoms with van der Waals surface area (Å²) in [6.45, 7) is 6.88. The van der Waals surface area contributed by atoms with Gasteiger partial charge in [-0.25, -0.2) is 9.18 Å². The molecule has 1 saturated carbocycles. The molecule has 1 heterocycles. The van der Waals surface area contributed by atoms with Crippen molar-refractivity contribution in [1.29, 1.82) is 0 Å². The number of rotatable bonds is 8. The number of amides is 3. The summed E-state index contributed by atoms with van der Waals surface area (Å²) in [5, 5.41) is 4.98. The normalized spacial score (nSPS) is 12.9. The third-order valence-electron chi connectivity index (χ3n) is 6.25. The summed E-state index contributed by atoms with van der Waals surface area (Å²) in [4.78, 5) is 31.1. The van der Waals surface area contributed by atoms with Gasteiger partial charge in [0.2, 0.25) is 5.91 Å². The maximum absolute atomic E-state index is 13.5. The van der Waals surface area contributed by atoms with Crippen LogP contribution in [0.2, 0.25) is 0 Å². The molecule has 1 aliphatic carbocycles. The van der Waals surface area contributed by atoms with Crippen LogP contribution in [0.3, 0.4) is 0 Å². The highest BCUT2D eigenvalue weighted by Gasteiger charge is 2.35. The average molecular weight is 480 g/mol. The molecule has 0 bridgehead atoms. The van der Waals surface area contributed by atoms with Crippen molar-refractivity contribution in [2.75, 3.05) is 11.9 Å². The lowest BCUT2D eigenvalue weighted by Crippen LogP contribution is -2.45. The molecular formula is C27H30FN3O2S. The van der Waals surface area contributed by atoms with Crippen LogP contribution in [-0.4, -0.2) is 34.3 Å². The van der Waals surface area contributed by atoms with E-state index in [1.807, 2.05) is 50.4 Å². The number of hydrogen-bond acceptors (Lipinski definition) is 3. The summed E-state index contributed by atoms with van der Waals surface area (Å²) in [7, 11) is 0. The first-order valence-corrected chi connectivity index (χ1v) is 12.4. The first-order chi connectivity index (χ1) is 16.3. The summed E-state index contributed by atoms with van der Waals surface area (Å²) in [6.07, 6.45) is 1.80. The van der Waals surface area contributed by atoms with Crippen molar-refractivity contribution in [3.8, 4) is 0 Å². The largest absolute Gasteiger partial charge is 0.332 e. The zero-order valence-electron chi connectivity index (χ0n) is 19.8. The first kappa shape index (κ1) is 24.0. The van der Waals surface area contributed by atoms with Gasteiger partial charge in [0.1, 0.15) is 12.4 Å². The molecule has 1 aliphatic rings. The molecule has 1 aromatic heterocycles. The van der Waals surface area contributed by atoms with Crippen molar-refractivity contribution in [2.45, 2.75) is 52.7 Å². The van der Waals surface area contributed by atoms with Crippen molar-refractivity contribution in [3.05, 3.63) is 86.9 Å². The smallest absolute Gasteiger partial charge is 0.322 e. The highest BCUT2D eigenvalue weighted by Crippen LogP contribution is 2.28. The SMILES string of the molecule is Cc1ccc(NC(=O)N(CC(=O)N(Cc2ccc(F)cc2)Cc2sccc2C)C2CC2)cc1C. The minimum absolute atomic E-state index is 0.00691. The molecule has 0 unspecified atom stereocenters. The van der Waals surface area contributed by atoms with E-state index in [-0.39, 0.29) is 30.3 Å². The summed E-state index contributed by atoms with van der Waals surface area (Å²) >= 11 is 1.61. The first-order valence-electron chi connectivity index (χ1n) is 11.5. The number of halogens is 1. The van der Waals surface area contributed by atoms with Crippen molar-refractivity contribution in [2.24, 2.45) is 0 Å². The van der Waals surface area contributed by atoms with Gasteiger partial charge in [-0.3, -0.25) is 4.79 Å². The van der Waals surface area contributed by atoms with Crippen LogP contribution in [0.25, 0.3) is 0 Å². The van der Waals surface area contributed by atoms with Crippen molar-refractivity contribution >= 4 is 29.0 Å². The van der Waals surface area contributed by atoms with Gasteiger partial charge in [-0.2, -0.15) is 0 Å². The number of anilines is 1. The summed E-state index contributed by atoms with van der Waals surface area (Å²) in [6, 6.07) is 13.9. The Kier molecular flexibility index (Phi) is 7.32. The van der Waals surface area contributed by atoms with E-state index in [1.165, 1.54) is 12.1 Å². The lowest BCUT2D eigenvalue weighted by Gasteiger charge is -2.28. The van der Waals surface area contributed by atoms with E-state index < -0.39 is 0 Å². The van der Waals surface area contributed by atoms with Gasteiger partial charge in [0, 0.05) is 23.2 Å². The molecule has 0 atom stereocenters. The molecule has 3 amide bonds. The maximum Gasteiger partial charge on any atom is 0.322 e. The Bertz CT molecular complexity index is 1170. The number of thiophene rings is 1. The molecular weight excluding hydrogens is 449 g/mol. The van der Waals surface area contributed by atoms with E-state index in [1.54, 1.807) is 33.3 Å². The standard InChI is InChI=1S/C27H30FN3O2S/c1-18-4-9-23(14-20(18)3)29-27(33)31(24-10-11-24)17-26(32)30(16-25-19(2)12-13-34-25)15-21-5-7-22(28)8-6-21/h4-9,12-14,24H,10-11,15-17H2,1-3H3,(H,29,33). The second kappa shape index (κ2) is 10.4.